The molecule has 4 unspecified atom stereocenters. The van der Waals surface area contributed by atoms with Crippen LogP contribution in [0.4, 0.5) is 21.5 Å². The second-order valence-corrected chi connectivity index (χ2v) is 10.6. The molecule has 206 valence electrons. The first-order valence-electron chi connectivity index (χ1n) is 13.4. The maximum absolute atomic E-state index is 15.3. The highest BCUT2D eigenvalue weighted by atomic mass is 19.1. The van der Waals surface area contributed by atoms with Gasteiger partial charge in [0, 0.05) is 29.1 Å². The number of para-hydroxylation sites is 2. The number of hydrogen-bond donors (Lipinski definition) is 1. The van der Waals surface area contributed by atoms with Crippen LogP contribution >= 0.6 is 0 Å². The summed E-state index contributed by atoms with van der Waals surface area (Å²) in [5.74, 6) is -3.93. The van der Waals surface area contributed by atoms with Crippen LogP contribution in [0.25, 0.3) is 6.08 Å². The molecule has 9 heteroatoms. The zero-order chi connectivity index (χ0) is 29.2. The molecule has 3 heterocycles. The fraction of sp³-hybridized carbons (Fsp3) is 0.121. The van der Waals surface area contributed by atoms with Gasteiger partial charge in [-0.25, -0.2) is 4.39 Å². The van der Waals surface area contributed by atoms with E-state index in [0.717, 1.165) is 11.6 Å². The highest BCUT2D eigenvalue weighted by molar-refractivity contribution is 6.18. The normalized spacial score (nSPS) is 23.2. The molecule has 0 bridgehead atoms. The Morgan fingerprint density at radius 1 is 0.905 bits per heavy atom. The molecular formula is C33H22FN3O5. The van der Waals surface area contributed by atoms with Crippen LogP contribution in [-0.2, 0) is 10.2 Å². The smallest absolute Gasteiger partial charge is 0.270 e. The van der Waals surface area contributed by atoms with Crippen LogP contribution in [0.3, 0.4) is 0 Å². The number of nitrogens with zero attached hydrogens (tertiary/aromatic N) is 2. The third-order valence-corrected chi connectivity index (χ3v) is 8.57. The maximum atomic E-state index is 15.3. The second-order valence-electron chi connectivity index (χ2n) is 10.6. The number of non-ortho nitro benzene ring substituents is 1. The van der Waals surface area contributed by atoms with E-state index in [-0.39, 0.29) is 16.8 Å². The van der Waals surface area contributed by atoms with Crippen molar-refractivity contribution >= 4 is 40.6 Å². The van der Waals surface area contributed by atoms with Gasteiger partial charge < -0.3 is 10.2 Å². The fourth-order valence-corrected chi connectivity index (χ4v) is 6.89. The van der Waals surface area contributed by atoms with Crippen LogP contribution < -0.4 is 10.2 Å². The average molecular weight is 560 g/mol. The van der Waals surface area contributed by atoms with Crippen LogP contribution in [0.5, 0.6) is 0 Å². The fourth-order valence-electron chi connectivity index (χ4n) is 6.89. The van der Waals surface area contributed by atoms with Crippen molar-refractivity contribution in [1.82, 2.24) is 0 Å². The Kier molecular flexibility index (Phi) is 5.65. The molecule has 0 aliphatic carbocycles. The van der Waals surface area contributed by atoms with E-state index in [4.69, 9.17) is 0 Å². The molecule has 8 nitrogen and oxygen atoms in total. The van der Waals surface area contributed by atoms with Crippen LogP contribution in [0.1, 0.15) is 31.8 Å². The minimum Gasteiger partial charge on any atom is -0.352 e. The van der Waals surface area contributed by atoms with Crippen molar-refractivity contribution in [3.63, 3.8) is 0 Å². The second kappa shape index (κ2) is 9.31. The van der Waals surface area contributed by atoms with Gasteiger partial charge in [0.2, 0.25) is 5.91 Å². The number of carbonyl (C=O) groups excluding carboxylic acids is 3. The van der Waals surface area contributed by atoms with Gasteiger partial charge >= 0.3 is 0 Å². The summed E-state index contributed by atoms with van der Waals surface area (Å²) in [6.45, 7) is 0. The van der Waals surface area contributed by atoms with E-state index in [9.17, 15) is 24.5 Å². The molecule has 3 aliphatic heterocycles. The number of nitro benzene ring substituents is 1. The molecule has 0 aromatic heterocycles. The topological polar surface area (TPSA) is 110 Å². The van der Waals surface area contributed by atoms with Crippen LogP contribution in [0.2, 0.25) is 0 Å². The van der Waals surface area contributed by atoms with Gasteiger partial charge in [0.25, 0.3) is 5.69 Å². The lowest BCUT2D eigenvalue weighted by molar-refractivity contribution is -0.384. The summed E-state index contributed by atoms with van der Waals surface area (Å²) in [4.78, 5) is 56.3. The van der Waals surface area contributed by atoms with Crippen molar-refractivity contribution < 1.29 is 23.7 Å². The quantitative estimate of drug-likeness (QED) is 0.194. The first-order chi connectivity index (χ1) is 20.3. The van der Waals surface area contributed by atoms with Crippen LogP contribution in [0.15, 0.2) is 103 Å². The number of rotatable bonds is 5. The van der Waals surface area contributed by atoms with E-state index in [1.807, 2.05) is 30.4 Å². The van der Waals surface area contributed by atoms with Crippen LogP contribution in [-0.4, -0.2) is 34.5 Å². The summed E-state index contributed by atoms with van der Waals surface area (Å²) in [5, 5.41) is 14.5. The number of nitrogens with one attached hydrogen (secondary N) is 1. The van der Waals surface area contributed by atoms with Gasteiger partial charge in [-0.1, -0.05) is 72.8 Å². The molecule has 1 fully saturated rings. The molecule has 1 saturated heterocycles. The zero-order valence-corrected chi connectivity index (χ0v) is 21.9. The van der Waals surface area contributed by atoms with Crippen molar-refractivity contribution in [2.24, 2.45) is 5.92 Å². The van der Waals surface area contributed by atoms with Gasteiger partial charge in [-0.15, -0.1) is 0 Å². The van der Waals surface area contributed by atoms with E-state index in [1.54, 1.807) is 35.2 Å². The number of Topliss-reactive ketones (excluding diaryl/α,β-unsaturated/α-hetero) is 2. The summed E-state index contributed by atoms with van der Waals surface area (Å²) < 4.78 is 15.3. The SMILES string of the molecule is O=C(c1cccc([N+](=O)[O-])c1)C1C(C(=O)c2ccccc2F)C2(C(=O)Nc3ccccc32)C2C=Cc3ccccc3N12. The largest absolute Gasteiger partial charge is 0.352 e. The van der Waals surface area contributed by atoms with Gasteiger partial charge in [0.15, 0.2) is 11.6 Å². The number of halogens is 1. The molecular weight excluding hydrogens is 537 g/mol. The Morgan fingerprint density at radius 3 is 2.45 bits per heavy atom. The molecule has 0 radical (unpaired) electrons. The average Bonchev–Trinajstić information content (AvgIpc) is 3.49. The van der Waals surface area contributed by atoms with Crippen molar-refractivity contribution in [2.45, 2.75) is 17.5 Å². The molecule has 7 rings (SSSR count). The number of amides is 1. The summed E-state index contributed by atoms with van der Waals surface area (Å²) in [5.41, 5.74) is 0.289. The molecule has 4 aromatic carbocycles. The number of fused-ring (bicyclic) bond motifs is 6. The molecule has 4 atom stereocenters. The number of ketones is 2. The Bertz CT molecular complexity index is 1870. The van der Waals surface area contributed by atoms with E-state index < -0.39 is 51.6 Å². The predicted octanol–water partition coefficient (Wildman–Crippen LogP) is 5.59. The van der Waals surface area contributed by atoms with Crippen molar-refractivity contribution in [2.75, 3.05) is 10.2 Å². The summed E-state index contributed by atoms with van der Waals surface area (Å²) >= 11 is 0. The van der Waals surface area contributed by atoms with Gasteiger partial charge in [-0.3, -0.25) is 24.5 Å². The maximum Gasteiger partial charge on any atom is 0.270 e. The number of benzene rings is 4. The van der Waals surface area contributed by atoms with E-state index >= 15 is 4.39 Å². The number of anilines is 2. The molecule has 4 aromatic rings. The van der Waals surface area contributed by atoms with E-state index in [1.165, 1.54) is 42.5 Å². The summed E-state index contributed by atoms with van der Waals surface area (Å²) in [6, 6.07) is 23.0. The number of nitro groups is 1. The van der Waals surface area contributed by atoms with E-state index in [2.05, 4.69) is 5.32 Å². The zero-order valence-electron chi connectivity index (χ0n) is 21.9. The van der Waals surface area contributed by atoms with Gasteiger partial charge in [-0.05, 0) is 35.4 Å². The van der Waals surface area contributed by atoms with Gasteiger partial charge in [0.1, 0.15) is 17.3 Å². The van der Waals surface area contributed by atoms with E-state index in [0.29, 0.717) is 16.9 Å². The summed E-state index contributed by atoms with van der Waals surface area (Å²) in [6.07, 6.45) is 3.67. The highest BCUT2D eigenvalue weighted by Gasteiger charge is 2.70. The Hall–Kier alpha value is -5.44. The monoisotopic (exact) mass is 559 g/mol. The summed E-state index contributed by atoms with van der Waals surface area (Å²) in [7, 11) is 0. The molecule has 1 N–H and O–H groups in total. The van der Waals surface area contributed by atoms with Crippen molar-refractivity contribution in [1.29, 1.82) is 0 Å². The third kappa shape index (κ3) is 3.43. The Labute approximate surface area is 239 Å². The standard InChI is InChI=1S/C33H22FN3O5/c34-24-13-4-2-11-22(24)31(39)28-29(30(38)20-9-7-10-21(18-20)37(41)42)36-26-15-6-1-8-19(26)16-17-27(36)33(28)23-12-3-5-14-25(23)35-32(33)40/h1-18,27-29H,(H,35,40). The molecule has 42 heavy (non-hydrogen) atoms. The Morgan fingerprint density at radius 2 is 1.64 bits per heavy atom. The number of hydrogen-bond acceptors (Lipinski definition) is 6. The van der Waals surface area contributed by atoms with Crippen LogP contribution in [0, 0.1) is 21.8 Å². The minimum absolute atomic E-state index is 0.00931. The first-order valence-corrected chi connectivity index (χ1v) is 13.4. The molecule has 0 saturated carbocycles. The molecule has 3 aliphatic rings. The lowest BCUT2D eigenvalue weighted by Gasteiger charge is -2.37. The van der Waals surface area contributed by atoms with Gasteiger partial charge in [-0.2, -0.15) is 0 Å². The molecule has 1 amide bonds. The third-order valence-electron chi connectivity index (χ3n) is 8.57. The lowest BCUT2D eigenvalue weighted by atomic mass is 9.64. The van der Waals surface area contributed by atoms with Gasteiger partial charge in [0.05, 0.1) is 22.4 Å². The molecule has 1 spiro atoms. The van der Waals surface area contributed by atoms with Crippen molar-refractivity contribution in [3.8, 4) is 0 Å². The minimum atomic E-state index is -1.61. The first kappa shape index (κ1) is 25.5. The Balaban J connectivity index is 1.54. The van der Waals surface area contributed by atoms with Crippen molar-refractivity contribution in [3.05, 3.63) is 141 Å². The predicted molar refractivity (Wildman–Crippen MR) is 154 cm³/mol. The number of carbonyl (C=O) groups is 3. The lowest BCUT2D eigenvalue weighted by Crippen LogP contribution is -2.51. The highest BCUT2D eigenvalue weighted by Crippen LogP contribution is 2.58.